The molecule has 0 unspecified atom stereocenters. The fourth-order valence-electron chi connectivity index (χ4n) is 2.14. The number of carbonyl (C=O) groups is 3. The standard InChI is InChI=1S/C20H20N2O5/c1-13(20(25)26)21-19(24)17(12-14-6-4-3-5-7-14)22-18(23)15-8-10-16(27-2)11-9-15/h3-13H,1-2H3,(H,21,24)(H,22,23)(H,25,26)/p-1/b17-12-/t13-/m1/s1. The van der Waals surface area contributed by atoms with E-state index in [2.05, 4.69) is 10.6 Å². The molecule has 0 spiro atoms. The summed E-state index contributed by atoms with van der Waals surface area (Å²) in [5, 5.41) is 15.7. The normalized spacial score (nSPS) is 12.0. The summed E-state index contributed by atoms with van der Waals surface area (Å²) in [6.07, 6.45) is 1.46. The Kier molecular flexibility index (Phi) is 6.71. The van der Waals surface area contributed by atoms with Gasteiger partial charge in [0.25, 0.3) is 11.8 Å². The Morgan fingerprint density at radius 3 is 2.22 bits per heavy atom. The number of hydrogen-bond acceptors (Lipinski definition) is 5. The molecule has 27 heavy (non-hydrogen) atoms. The molecule has 0 heterocycles. The molecule has 2 aromatic rings. The number of nitrogens with one attached hydrogen (secondary N) is 2. The first-order valence-corrected chi connectivity index (χ1v) is 8.14. The van der Waals surface area contributed by atoms with Crippen molar-refractivity contribution in [3.05, 3.63) is 71.4 Å². The quantitative estimate of drug-likeness (QED) is 0.701. The summed E-state index contributed by atoms with van der Waals surface area (Å²) in [5.74, 6) is -2.09. The lowest BCUT2D eigenvalue weighted by Crippen LogP contribution is -2.48. The highest BCUT2D eigenvalue weighted by molar-refractivity contribution is 6.06. The van der Waals surface area contributed by atoms with E-state index in [0.29, 0.717) is 16.9 Å². The minimum atomic E-state index is -1.43. The van der Waals surface area contributed by atoms with E-state index in [-0.39, 0.29) is 5.70 Å². The second-order valence-electron chi connectivity index (χ2n) is 5.67. The predicted octanol–water partition coefficient (Wildman–Crippen LogP) is 0.721. The molecule has 2 aromatic carbocycles. The third-order valence-corrected chi connectivity index (χ3v) is 3.66. The fourth-order valence-corrected chi connectivity index (χ4v) is 2.14. The molecule has 140 valence electrons. The highest BCUT2D eigenvalue weighted by atomic mass is 16.5. The van der Waals surface area contributed by atoms with Gasteiger partial charge in [0.15, 0.2) is 0 Å². The lowest BCUT2D eigenvalue weighted by Gasteiger charge is -2.17. The Morgan fingerprint density at radius 1 is 1.04 bits per heavy atom. The summed E-state index contributed by atoms with van der Waals surface area (Å²) in [7, 11) is 1.51. The van der Waals surface area contributed by atoms with Gasteiger partial charge in [-0.15, -0.1) is 0 Å². The summed E-state index contributed by atoms with van der Waals surface area (Å²) in [5.41, 5.74) is 0.893. The van der Waals surface area contributed by atoms with Crippen LogP contribution in [-0.4, -0.2) is 30.9 Å². The third-order valence-electron chi connectivity index (χ3n) is 3.66. The Hall–Kier alpha value is -3.61. The number of carboxylic acid groups (broad SMARTS) is 1. The predicted molar refractivity (Wildman–Crippen MR) is 97.5 cm³/mol. The number of benzene rings is 2. The molecule has 2 N–H and O–H groups in total. The van der Waals surface area contributed by atoms with Gasteiger partial charge in [0.1, 0.15) is 11.4 Å². The molecule has 7 heteroatoms. The van der Waals surface area contributed by atoms with Gasteiger partial charge in [0.05, 0.1) is 19.1 Å². The van der Waals surface area contributed by atoms with E-state index < -0.39 is 23.8 Å². The fraction of sp³-hybridized carbons (Fsp3) is 0.150. The number of amides is 2. The maximum atomic E-state index is 12.5. The van der Waals surface area contributed by atoms with Gasteiger partial charge in [-0.2, -0.15) is 0 Å². The van der Waals surface area contributed by atoms with Crippen LogP contribution in [0.25, 0.3) is 6.08 Å². The minimum Gasteiger partial charge on any atom is -0.548 e. The molecule has 0 aromatic heterocycles. The summed E-state index contributed by atoms with van der Waals surface area (Å²) < 4.78 is 5.04. The number of carboxylic acids is 1. The highest BCUT2D eigenvalue weighted by Crippen LogP contribution is 2.12. The van der Waals surface area contributed by atoms with Crippen LogP contribution < -0.4 is 20.5 Å². The second-order valence-corrected chi connectivity index (χ2v) is 5.67. The van der Waals surface area contributed by atoms with Crippen molar-refractivity contribution in [3.63, 3.8) is 0 Å². The van der Waals surface area contributed by atoms with E-state index in [1.54, 1.807) is 48.5 Å². The average Bonchev–Trinajstić information content (AvgIpc) is 2.68. The van der Waals surface area contributed by atoms with Crippen molar-refractivity contribution in [3.8, 4) is 5.75 Å². The average molecular weight is 367 g/mol. The second kappa shape index (κ2) is 9.19. The molecule has 0 fully saturated rings. The molecule has 0 saturated carbocycles. The number of methoxy groups -OCH3 is 1. The molecule has 0 saturated heterocycles. The van der Waals surface area contributed by atoms with Gasteiger partial charge in [-0.25, -0.2) is 0 Å². The summed E-state index contributed by atoms with van der Waals surface area (Å²) >= 11 is 0. The van der Waals surface area contributed by atoms with Crippen LogP contribution in [0.1, 0.15) is 22.8 Å². The topological polar surface area (TPSA) is 108 Å². The first-order valence-electron chi connectivity index (χ1n) is 8.14. The maximum absolute atomic E-state index is 12.5. The van der Waals surface area contributed by atoms with Crippen LogP contribution in [-0.2, 0) is 9.59 Å². The van der Waals surface area contributed by atoms with Crippen LogP contribution in [0.15, 0.2) is 60.3 Å². The van der Waals surface area contributed by atoms with Gasteiger partial charge < -0.3 is 25.3 Å². The Bertz CT molecular complexity index is 844. The van der Waals surface area contributed by atoms with E-state index in [1.165, 1.54) is 20.1 Å². The molecule has 0 aliphatic rings. The number of ether oxygens (including phenoxy) is 1. The first kappa shape index (κ1) is 19.7. The van der Waals surface area contributed by atoms with Crippen molar-refractivity contribution >= 4 is 23.9 Å². The molecule has 0 aliphatic carbocycles. The molecular weight excluding hydrogens is 348 g/mol. The summed E-state index contributed by atoms with van der Waals surface area (Å²) in [6, 6.07) is 14.0. The van der Waals surface area contributed by atoms with Crippen LogP contribution in [0.3, 0.4) is 0 Å². The SMILES string of the molecule is COc1ccc(C(=O)N/C(=C\c2ccccc2)C(=O)N[C@H](C)C(=O)[O-])cc1. The molecule has 2 amide bonds. The smallest absolute Gasteiger partial charge is 0.268 e. The van der Waals surface area contributed by atoms with Crippen LogP contribution in [0.5, 0.6) is 5.75 Å². The van der Waals surface area contributed by atoms with Gasteiger partial charge in [0.2, 0.25) is 0 Å². The van der Waals surface area contributed by atoms with Crippen LogP contribution >= 0.6 is 0 Å². The lowest BCUT2D eigenvalue weighted by molar-refractivity contribution is -0.307. The van der Waals surface area contributed by atoms with Gasteiger partial charge in [0, 0.05) is 5.56 Å². The zero-order valence-electron chi connectivity index (χ0n) is 14.9. The van der Waals surface area contributed by atoms with Crippen molar-refractivity contribution in [1.29, 1.82) is 0 Å². The highest BCUT2D eigenvalue weighted by Gasteiger charge is 2.17. The van der Waals surface area contributed by atoms with Crippen molar-refractivity contribution in [2.75, 3.05) is 7.11 Å². The molecule has 0 aliphatic heterocycles. The summed E-state index contributed by atoms with van der Waals surface area (Å²) in [6.45, 7) is 1.28. The van der Waals surface area contributed by atoms with E-state index in [0.717, 1.165) is 0 Å². The van der Waals surface area contributed by atoms with Gasteiger partial charge >= 0.3 is 0 Å². The molecule has 0 radical (unpaired) electrons. The Balaban J connectivity index is 2.25. The zero-order chi connectivity index (χ0) is 19.8. The van der Waals surface area contributed by atoms with Crippen LogP contribution in [0, 0.1) is 0 Å². The maximum Gasteiger partial charge on any atom is 0.268 e. The Morgan fingerprint density at radius 2 is 1.67 bits per heavy atom. The molecule has 0 bridgehead atoms. The first-order chi connectivity index (χ1) is 12.9. The van der Waals surface area contributed by atoms with E-state index >= 15 is 0 Å². The summed E-state index contributed by atoms with van der Waals surface area (Å²) in [4.78, 5) is 35.8. The van der Waals surface area contributed by atoms with E-state index in [9.17, 15) is 19.5 Å². The van der Waals surface area contributed by atoms with E-state index in [1.807, 2.05) is 6.07 Å². The largest absolute Gasteiger partial charge is 0.548 e. The van der Waals surface area contributed by atoms with Crippen molar-refractivity contribution in [1.82, 2.24) is 10.6 Å². The Labute approximate surface area is 156 Å². The number of rotatable bonds is 7. The van der Waals surface area contributed by atoms with Crippen LogP contribution in [0.4, 0.5) is 0 Å². The molecule has 2 rings (SSSR count). The van der Waals surface area contributed by atoms with Gasteiger partial charge in [-0.05, 0) is 42.8 Å². The monoisotopic (exact) mass is 367 g/mol. The zero-order valence-corrected chi connectivity index (χ0v) is 14.9. The molecule has 7 nitrogen and oxygen atoms in total. The number of hydrogen-bond donors (Lipinski definition) is 2. The third kappa shape index (κ3) is 5.71. The van der Waals surface area contributed by atoms with Gasteiger partial charge in [-0.3, -0.25) is 9.59 Å². The molecular formula is C20H19N2O5-. The van der Waals surface area contributed by atoms with Crippen molar-refractivity contribution in [2.24, 2.45) is 0 Å². The molecule has 1 atom stereocenters. The van der Waals surface area contributed by atoms with Crippen LogP contribution in [0.2, 0.25) is 0 Å². The minimum absolute atomic E-state index is 0.0879. The number of aliphatic carboxylic acids is 1. The van der Waals surface area contributed by atoms with Crippen molar-refractivity contribution < 1.29 is 24.2 Å². The van der Waals surface area contributed by atoms with Crippen molar-refractivity contribution in [2.45, 2.75) is 13.0 Å². The lowest BCUT2D eigenvalue weighted by atomic mass is 10.1. The van der Waals surface area contributed by atoms with Gasteiger partial charge in [-0.1, -0.05) is 30.3 Å². The van der Waals surface area contributed by atoms with E-state index in [4.69, 9.17) is 4.74 Å². The number of carbonyl (C=O) groups excluding carboxylic acids is 3.